The van der Waals surface area contributed by atoms with Gasteiger partial charge < -0.3 is 14.7 Å². The van der Waals surface area contributed by atoms with Crippen LogP contribution in [-0.2, 0) is 9.53 Å². The van der Waals surface area contributed by atoms with Crippen LogP contribution in [0.15, 0.2) is 18.3 Å². The molecule has 0 spiro atoms. The summed E-state index contributed by atoms with van der Waals surface area (Å²) in [6, 6.07) is 3.34. The quantitative estimate of drug-likeness (QED) is 0.836. The molecule has 0 radical (unpaired) electrons. The van der Waals surface area contributed by atoms with Crippen LogP contribution in [0.1, 0.15) is 37.0 Å². The Bertz CT molecular complexity index is 546. The van der Waals surface area contributed by atoms with Gasteiger partial charge in [-0.1, -0.05) is 6.92 Å². The molecule has 1 fully saturated rings. The first-order valence-electron chi connectivity index (χ1n) is 7.14. The number of ether oxygens (including phenoxy) is 1. The lowest BCUT2D eigenvalue weighted by Gasteiger charge is -2.24. The normalized spacial score (nSPS) is 21.3. The summed E-state index contributed by atoms with van der Waals surface area (Å²) in [5.74, 6) is -0.710. The Hall–Kier alpha value is -2.11. The number of carboxylic acid groups (broad SMARTS) is 1. The molecule has 0 amide bonds. The molecule has 1 aromatic heterocycles. The standard InChI is InChI=1S/C15H20N2O4/c1-3-15(14(19)20)7-9-17(10-15)12-11(6-5-8-16-12)13(18)21-4-2/h5-6,8H,3-4,7,9-10H2,1-2H3,(H,19,20). The highest BCUT2D eigenvalue weighted by molar-refractivity contribution is 5.95. The van der Waals surface area contributed by atoms with Crippen molar-refractivity contribution >= 4 is 17.8 Å². The highest BCUT2D eigenvalue weighted by Crippen LogP contribution is 2.37. The van der Waals surface area contributed by atoms with Crippen molar-refractivity contribution < 1.29 is 19.4 Å². The van der Waals surface area contributed by atoms with E-state index in [1.54, 1.807) is 25.3 Å². The van der Waals surface area contributed by atoms with E-state index in [-0.39, 0.29) is 0 Å². The summed E-state index contributed by atoms with van der Waals surface area (Å²) in [5.41, 5.74) is -0.375. The van der Waals surface area contributed by atoms with Crippen molar-refractivity contribution in [1.29, 1.82) is 0 Å². The number of carbonyl (C=O) groups excluding carboxylic acids is 1. The first kappa shape index (κ1) is 15.3. The largest absolute Gasteiger partial charge is 0.481 e. The topological polar surface area (TPSA) is 79.7 Å². The van der Waals surface area contributed by atoms with Crippen molar-refractivity contribution in [2.24, 2.45) is 5.41 Å². The molecule has 0 aromatic carbocycles. The molecule has 1 unspecified atom stereocenters. The van der Waals surface area contributed by atoms with Crippen molar-refractivity contribution in [3.63, 3.8) is 0 Å². The average Bonchev–Trinajstić information content (AvgIpc) is 2.93. The van der Waals surface area contributed by atoms with Gasteiger partial charge in [-0.05, 0) is 31.9 Å². The number of hydrogen-bond donors (Lipinski definition) is 1. The lowest BCUT2D eigenvalue weighted by atomic mass is 9.84. The van der Waals surface area contributed by atoms with Gasteiger partial charge in [-0.25, -0.2) is 9.78 Å². The number of anilines is 1. The molecule has 0 saturated carbocycles. The number of carbonyl (C=O) groups is 2. The zero-order chi connectivity index (χ0) is 15.5. The Morgan fingerprint density at radius 1 is 1.48 bits per heavy atom. The maximum absolute atomic E-state index is 12.0. The number of aliphatic carboxylic acids is 1. The van der Waals surface area contributed by atoms with Crippen LogP contribution in [0, 0.1) is 5.41 Å². The van der Waals surface area contributed by atoms with Crippen molar-refractivity contribution in [2.45, 2.75) is 26.7 Å². The van der Waals surface area contributed by atoms with Gasteiger partial charge in [0.1, 0.15) is 11.4 Å². The van der Waals surface area contributed by atoms with Crippen molar-refractivity contribution in [1.82, 2.24) is 4.98 Å². The first-order chi connectivity index (χ1) is 10.0. The molecule has 1 atom stereocenters. The third-order valence-corrected chi connectivity index (χ3v) is 4.07. The second-order valence-electron chi connectivity index (χ2n) is 5.21. The molecular formula is C15H20N2O4. The molecule has 1 saturated heterocycles. The van der Waals surface area contributed by atoms with Gasteiger partial charge in [-0.15, -0.1) is 0 Å². The summed E-state index contributed by atoms with van der Waals surface area (Å²) in [6.07, 6.45) is 2.71. The molecule has 1 aliphatic rings. The van der Waals surface area contributed by atoms with Gasteiger partial charge in [0.25, 0.3) is 0 Å². The van der Waals surface area contributed by atoms with E-state index in [0.717, 1.165) is 0 Å². The van der Waals surface area contributed by atoms with Gasteiger partial charge >= 0.3 is 11.9 Å². The van der Waals surface area contributed by atoms with E-state index >= 15 is 0 Å². The molecule has 0 aliphatic carbocycles. The van der Waals surface area contributed by atoms with Gasteiger partial charge in [-0.3, -0.25) is 4.79 Å². The highest BCUT2D eigenvalue weighted by Gasteiger charge is 2.44. The highest BCUT2D eigenvalue weighted by atomic mass is 16.5. The molecule has 6 heteroatoms. The van der Waals surface area contributed by atoms with Crippen LogP contribution in [0.5, 0.6) is 0 Å². The van der Waals surface area contributed by atoms with E-state index in [4.69, 9.17) is 4.74 Å². The molecule has 1 aromatic rings. The van der Waals surface area contributed by atoms with Gasteiger partial charge in [0.15, 0.2) is 0 Å². The minimum Gasteiger partial charge on any atom is -0.481 e. The second-order valence-corrected chi connectivity index (χ2v) is 5.21. The Morgan fingerprint density at radius 2 is 2.24 bits per heavy atom. The minimum atomic E-state index is -0.791. The van der Waals surface area contributed by atoms with E-state index in [1.807, 2.05) is 11.8 Å². The van der Waals surface area contributed by atoms with Crippen molar-refractivity contribution in [3.05, 3.63) is 23.9 Å². The molecule has 1 N–H and O–H groups in total. The first-order valence-corrected chi connectivity index (χ1v) is 7.14. The smallest absolute Gasteiger partial charge is 0.341 e. The average molecular weight is 292 g/mol. The van der Waals surface area contributed by atoms with Crippen LogP contribution < -0.4 is 4.90 Å². The van der Waals surface area contributed by atoms with Gasteiger partial charge in [-0.2, -0.15) is 0 Å². The maximum Gasteiger partial charge on any atom is 0.341 e. The van der Waals surface area contributed by atoms with Crippen molar-refractivity contribution in [3.8, 4) is 0 Å². The Morgan fingerprint density at radius 3 is 2.81 bits per heavy atom. The summed E-state index contributed by atoms with van der Waals surface area (Å²) in [4.78, 5) is 29.6. The summed E-state index contributed by atoms with van der Waals surface area (Å²) in [6.45, 7) is 4.85. The van der Waals surface area contributed by atoms with Gasteiger partial charge in [0.05, 0.1) is 12.0 Å². The van der Waals surface area contributed by atoms with Crippen molar-refractivity contribution in [2.75, 3.05) is 24.6 Å². The molecule has 1 aliphatic heterocycles. The number of aromatic nitrogens is 1. The second kappa shape index (κ2) is 6.11. The molecule has 2 rings (SSSR count). The number of nitrogens with zero attached hydrogens (tertiary/aromatic N) is 2. The zero-order valence-electron chi connectivity index (χ0n) is 12.3. The summed E-state index contributed by atoms with van der Waals surface area (Å²) in [5, 5.41) is 9.45. The number of pyridine rings is 1. The molecule has 114 valence electrons. The van der Waals surface area contributed by atoms with Crippen LogP contribution in [0.3, 0.4) is 0 Å². The monoisotopic (exact) mass is 292 g/mol. The third kappa shape index (κ3) is 2.84. The third-order valence-electron chi connectivity index (χ3n) is 4.07. The van der Waals surface area contributed by atoms with E-state index in [2.05, 4.69) is 4.98 Å². The Balaban J connectivity index is 2.28. The molecule has 2 heterocycles. The van der Waals surface area contributed by atoms with Gasteiger partial charge in [0.2, 0.25) is 0 Å². The molecular weight excluding hydrogens is 272 g/mol. The van der Waals surface area contributed by atoms with Gasteiger partial charge in [0, 0.05) is 19.3 Å². The SMILES string of the molecule is CCOC(=O)c1cccnc1N1CCC(CC)(C(=O)O)C1. The lowest BCUT2D eigenvalue weighted by molar-refractivity contribution is -0.147. The van der Waals surface area contributed by atoms with Crippen LogP contribution >= 0.6 is 0 Å². The van der Waals surface area contributed by atoms with Crippen LogP contribution in [-0.4, -0.2) is 41.7 Å². The predicted octanol–water partition coefficient (Wildman–Crippen LogP) is 1.95. The zero-order valence-corrected chi connectivity index (χ0v) is 12.3. The Labute approximate surface area is 123 Å². The minimum absolute atomic E-state index is 0.293. The fourth-order valence-corrected chi connectivity index (χ4v) is 2.68. The van der Waals surface area contributed by atoms with E-state index in [1.165, 1.54) is 0 Å². The Kier molecular flexibility index (Phi) is 4.45. The van der Waals surface area contributed by atoms with Crippen LogP contribution in [0.25, 0.3) is 0 Å². The molecule has 21 heavy (non-hydrogen) atoms. The maximum atomic E-state index is 12.0. The lowest BCUT2D eigenvalue weighted by Crippen LogP contribution is -2.34. The number of rotatable bonds is 5. The number of esters is 1. The van der Waals surface area contributed by atoms with E-state index in [0.29, 0.717) is 43.9 Å². The van der Waals surface area contributed by atoms with Crippen LogP contribution in [0.4, 0.5) is 5.82 Å². The summed E-state index contributed by atoms with van der Waals surface area (Å²) >= 11 is 0. The predicted molar refractivity (Wildman–Crippen MR) is 77.4 cm³/mol. The number of hydrogen-bond acceptors (Lipinski definition) is 5. The molecule has 6 nitrogen and oxygen atoms in total. The number of carboxylic acids is 1. The fourth-order valence-electron chi connectivity index (χ4n) is 2.68. The summed E-state index contributed by atoms with van der Waals surface area (Å²) < 4.78 is 5.03. The molecule has 0 bridgehead atoms. The van der Waals surface area contributed by atoms with E-state index < -0.39 is 17.4 Å². The fraction of sp³-hybridized carbons (Fsp3) is 0.533. The van der Waals surface area contributed by atoms with Crippen LogP contribution in [0.2, 0.25) is 0 Å². The van der Waals surface area contributed by atoms with E-state index in [9.17, 15) is 14.7 Å². The summed E-state index contributed by atoms with van der Waals surface area (Å²) in [7, 11) is 0.